The van der Waals surface area contributed by atoms with Gasteiger partial charge in [-0.15, -0.1) is 11.8 Å². The van der Waals surface area contributed by atoms with Crippen molar-refractivity contribution in [1.82, 2.24) is 15.5 Å². The van der Waals surface area contributed by atoms with Crippen LogP contribution in [0.15, 0.2) is 35.3 Å². The molecule has 3 amide bonds. The predicted octanol–water partition coefficient (Wildman–Crippen LogP) is -1.21. The molecule has 2 heterocycles. The van der Waals surface area contributed by atoms with Gasteiger partial charge < -0.3 is 32.1 Å². The third-order valence-electron chi connectivity index (χ3n) is 5.31. The third kappa shape index (κ3) is 4.55. The van der Waals surface area contributed by atoms with Crippen LogP contribution in [0, 0.1) is 0 Å². The molecular formula is C20H26N6O5S. The molecule has 0 spiro atoms. The third-order valence-corrected chi connectivity index (χ3v) is 6.88. The second-order valence-electron chi connectivity index (χ2n) is 8.01. The topological polar surface area (TPSA) is 180 Å². The molecule has 4 atom stereocenters. The van der Waals surface area contributed by atoms with Crippen molar-refractivity contribution in [3.63, 3.8) is 0 Å². The molecular weight excluding hydrogens is 436 g/mol. The number of carboxylic acid groups (broad SMARTS) is 1. The Labute approximate surface area is 189 Å². The van der Waals surface area contributed by atoms with E-state index in [0.717, 1.165) is 0 Å². The number of nitrogens with two attached hydrogens (primary N) is 2. The highest BCUT2D eigenvalue weighted by Gasteiger charge is 2.64. The highest BCUT2D eigenvalue weighted by molar-refractivity contribution is 8.01. The molecule has 12 heteroatoms. The summed E-state index contributed by atoms with van der Waals surface area (Å²) in [5.41, 5.74) is 11.4. The Balaban J connectivity index is 1.74. The number of carbonyl (C=O) groups excluding carboxylic acids is 3. The lowest BCUT2D eigenvalue weighted by molar-refractivity contribution is -0.161. The van der Waals surface area contributed by atoms with Gasteiger partial charge in [-0.1, -0.05) is 30.3 Å². The van der Waals surface area contributed by atoms with Crippen molar-refractivity contribution in [2.45, 2.75) is 42.1 Å². The molecule has 3 rings (SSSR count). The van der Waals surface area contributed by atoms with Gasteiger partial charge in [0.15, 0.2) is 0 Å². The lowest BCUT2D eigenvalue weighted by Crippen LogP contribution is -2.71. The minimum absolute atomic E-state index is 0.00289. The number of amides is 3. The van der Waals surface area contributed by atoms with Gasteiger partial charge in [0.1, 0.15) is 35.9 Å². The van der Waals surface area contributed by atoms with Crippen molar-refractivity contribution in [1.29, 1.82) is 0 Å². The number of nitrogens with one attached hydrogen (secondary N) is 2. The van der Waals surface area contributed by atoms with Crippen molar-refractivity contribution < 1.29 is 24.3 Å². The number of nitrogens with zero attached hydrogens (tertiary/aromatic N) is 2. The van der Waals surface area contributed by atoms with Crippen LogP contribution >= 0.6 is 11.8 Å². The number of hydrogen-bond donors (Lipinski definition) is 5. The number of carbonyl (C=O) groups is 4. The minimum atomic E-state index is -1.09. The smallest absolute Gasteiger partial charge is 0.327 e. The number of aliphatic carboxylic acids is 1. The average Bonchev–Trinajstić information content (AvgIpc) is 3.02. The van der Waals surface area contributed by atoms with E-state index in [1.54, 1.807) is 44.2 Å². The summed E-state index contributed by atoms with van der Waals surface area (Å²) in [4.78, 5) is 54.9. The average molecular weight is 463 g/mol. The normalized spacial score (nSPS) is 24.8. The van der Waals surface area contributed by atoms with Gasteiger partial charge in [-0.3, -0.25) is 19.4 Å². The van der Waals surface area contributed by atoms with Gasteiger partial charge in [0.2, 0.25) is 17.7 Å². The highest BCUT2D eigenvalue weighted by atomic mass is 32.2. The second kappa shape index (κ2) is 9.17. The molecule has 2 aliphatic heterocycles. The first-order chi connectivity index (χ1) is 15.1. The summed E-state index contributed by atoms with van der Waals surface area (Å²) in [7, 11) is 0. The first kappa shape index (κ1) is 23.5. The van der Waals surface area contributed by atoms with Crippen LogP contribution in [0.1, 0.15) is 25.5 Å². The van der Waals surface area contributed by atoms with Crippen LogP contribution in [0.25, 0.3) is 0 Å². The number of thioether (sulfide) groups is 1. The predicted molar refractivity (Wildman–Crippen MR) is 119 cm³/mol. The Kier molecular flexibility index (Phi) is 6.74. The zero-order valence-corrected chi connectivity index (χ0v) is 18.5. The second-order valence-corrected chi connectivity index (χ2v) is 9.78. The summed E-state index contributed by atoms with van der Waals surface area (Å²) >= 11 is 1.32. The van der Waals surface area contributed by atoms with E-state index in [2.05, 4.69) is 15.6 Å². The molecule has 2 fully saturated rings. The van der Waals surface area contributed by atoms with E-state index in [1.807, 2.05) is 0 Å². The summed E-state index contributed by atoms with van der Waals surface area (Å²) in [6.45, 7) is 3.20. The van der Waals surface area contributed by atoms with Crippen molar-refractivity contribution in [3.05, 3.63) is 35.9 Å². The molecule has 0 radical (unpaired) electrons. The molecule has 0 bridgehead atoms. The fraction of sp³-hybridized carbons (Fsp3) is 0.450. The number of aliphatic imine (C=N–C) groups is 1. The lowest BCUT2D eigenvalue weighted by Gasteiger charge is -2.44. The molecule has 2 unspecified atom stereocenters. The largest absolute Gasteiger partial charge is 0.480 e. The summed E-state index contributed by atoms with van der Waals surface area (Å²) in [6.07, 6.45) is 0. The Morgan fingerprint density at radius 3 is 2.53 bits per heavy atom. The van der Waals surface area contributed by atoms with Crippen molar-refractivity contribution in [2.75, 3.05) is 13.1 Å². The summed E-state index contributed by atoms with van der Waals surface area (Å²) in [6, 6.07) is 5.61. The maximum Gasteiger partial charge on any atom is 0.327 e. The van der Waals surface area contributed by atoms with E-state index < -0.39 is 51.9 Å². The number of rotatable bonds is 8. The summed E-state index contributed by atoms with van der Waals surface area (Å²) in [5.74, 6) is -2.58. The number of benzene rings is 1. The van der Waals surface area contributed by atoms with Crippen molar-refractivity contribution >= 4 is 41.3 Å². The van der Waals surface area contributed by atoms with E-state index in [-0.39, 0.29) is 18.9 Å². The first-order valence-electron chi connectivity index (χ1n) is 9.93. The molecule has 172 valence electrons. The Hall–Kier alpha value is -3.12. The molecule has 0 aliphatic carbocycles. The molecule has 11 nitrogen and oxygen atoms in total. The quantitative estimate of drug-likeness (QED) is 0.181. The Morgan fingerprint density at radius 1 is 1.28 bits per heavy atom. The molecule has 7 N–H and O–H groups in total. The summed E-state index contributed by atoms with van der Waals surface area (Å²) < 4.78 is -0.709. The van der Waals surface area contributed by atoms with Crippen LogP contribution < -0.4 is 22.1 Å². The van der Waals surface area contributed by atoms with Crippen LogP contribution in [0.4, 0.5) is 0 Å². The van der Waals surface area contributed by atoms with E-state index in [9.17, 15) is 24.3 Å². The van der Waals surface area contributed by atoms with Gasteiger partial charge in [-0.2, -0.15) is 0 Å². The molecule has 2 saturated heterocycles. The maximum absolute atomic E-state index is 13.1. The Bertz CT molecular complexity index is 953. The van der Waals surface area contributed by atoms with Crippen LogP contribution in [-0.2, 0) is 19.2 Å². The number of carboxylic acids is 1. The molecule has 32 heavy (non-hydrogen) atoms. The number of amidine groups is 1. The van der Waals surface area contributed by atoms with E-state index >= 15 is 0 Å². The number of fused-ring (bicyclic) bond motifs is 1. The lowest BCUT2D eigenvalue weighted by atomic mass is 9.95. The first-order valence-corrected chi connectivity index (χ1v) is 10.8. The SMILES string of the molecule is CC1(C)S[C@@H]2C(NC(=O)C(NC(=O)CN=C(N)CN)c3ccccc3)C(=O)N2[C@H]1C(=O)O. The van der Waals surface area contributed by atoms with Crippen LogP contribution in [-0.4, -0.2) is 74.8 Å². The van der Waals surface area contributed by atoms with E-state index in [0.29, 0.717) is 5.56 Å². The van der Waals surface area contributed by atoms with Crippen LogP contribution in [0.3, 0.4) is 0 Å². The fourth-order valence-electron chi connectivity index (χ4n) is 3.77. The molecule has 1 aromatic rings. The van der Waals surface area contributed by atoms with E-state index in [4.69, 9.17) is 11.5 Å². The molecule has 2 aliphatic rings. The molecule has 0 saturated carbocycles. The van der Waals surface area contributed by atoms with Gasteiger partial charge in [-0.25, -0.2) is 4.79 Å². The zero-order chi connectivity index (χ0) is 23.6. The summed E-state index contributed by atoms with van der Waals surface area (Å²) in [5, 5.41) is 14.3. The van der Waals surface area contributed by atoms with Crippen LogP contribution in [0.2, 0.25) is 0 Å². The van der Waals surface area contributed by atoms with E-state index in [1.165, 1.54) is 16.7 Å². The monoisotopic (exact) mass is 462 g/mol. The fourth-order valence-corrected chi connectivity index (χ4v) is 5.40. The van der Waals surface area contributed by atoms with Gasteiger partial charge in [-0.05, 0) is 19.4 Å². The number of hydrogen-bond acceptors (Lipinski definition) is 7. The van der Waals surface area contributed by atoms with Crippen LogP contribution in [0.5, 0.6) is 0 Å². The minimum Gasteiger partial charge on any atom is -0.480 e. The van der Waals surface area contributed by atoms with Gasteiger partial charge >= 0.3 is 5.97 Å². The maximum atomic E-state index is 13.1. The molecule has 0 aromatic heterocycles. The number of β-lactam (4-membered cyclic amide) rings is 1. The zero-order valence-electron chi connectivity index (χ0n) is 17.6. The standard InChI is InChI=1S/C20H26N6O5S/c1-20(2)15(19(30)31)26-17(29)14(18(26)32-20)25-16(28)13(10-6-4-3-5-7-10)24-12(27)9-23-11(22)8-21/h3-7,13-15,18H,8-9,21H2,1-2H3,(H2,22,23)(H,24,27)(H,25,28)(H,30,31)/t13?,14?,15-,18+/m0/s1. The van der Waals surface area contributed by atoms with Crippen molar-refractivity contribution in [2.24, 2.45) is 16.5 Å². The molecule has 1 aromatic carbocycles. The van der Waals surface area contributed by atoms with Gasteiger partial charge in [0.05, 0.1) is 6.54 Å². The Morgan fingerprint density at radius 2 is 1.94 bits per heavy atom. The van der Waals surface area contributed by atoms with Gasteiger partial charge in [0, 0.05) is 4.75 Å². The highest BCUT2D eigenvalue weighted by Crippen LogP contribution is 2.50. The van der Waals surface area contributed by atoms with Crippen molar-refractivity contribution in [3.8, 4) is 0 Å². The van der Waals surface area contributed by atoms with Gasteiger partial charge in [0.25, 0.3) is 0 Å².